The summed E-state index contributed by atoms with van der Waals surface area (Å²) in [7, 11) is 0. The Morgan fingerprint density at radius 2 is 2.03 bits per heavy atom. The van der Waals surface area contributed by atoms with E-state index in [0.717, 1.165) is 25.9 Å². The topological polar surface area (TPSA) is 99.6 Å². The van der Waals surface area contributed by atoms with Crippen molar-refractivity contribution in [1.29, 1.82) is 0 Å². The quantitative estimate of drug-likeness (QED) is 0.522. The van der Waals surface area contributed by atoms with E-state index < -0.39 is 6.10 Å². The maximum Gasteiger partial charge on any atom is 0.326 e. The number of aliphatic hydroxyl groups excluding tert-OH is 1. The second-order valence-corrected chi connectivity index (χ2v) is 8.14. The van der Waals surface area contributed by atoms with E-state index in [-0.39, 0.29) is 30.1 Å². The van der Waals surface area contributed by atoms with Gasteiger partial charge in [-0.15, -0.1) is 0 Å². The highest BCUT2D eigenvalue weighted by molar-refractivity contribution is 5.90. The van der Waals surface area contributed by atoms with E-state index in [0.29, 0.717) is 29.0 Å². The molecule has 1 fully saturated rings. The Labute approximate surface area is 184 Å². The standard InChI is InChI=1S/C23H27FN4O4/c1-15(29)25-19-4-2-3-5-22(19)32-14-18(30)13-27-10-8-17(9-11-27)28-21-7-6-16(24)12-20(21)26-23(28)31/h2-7,12,17-18,30H,8-11,13-14H2,1H3,(H,25,29)(H,26,31)/t18-/m0/s1. The largest absolute Gasteiger partial charge is 0.489 e. The normalized spacial score (nSPS) is 16.2. The maximum absolute atomic E-state index is 13.5. The molecule has 0 spiro atoms. The van der Waals surface area contributed by atoms with E-state index in [9.17, 15) is 19.1 Å². The van der Waals surface area contributed by atoms with Crippen molar-refractivity contribution < 1.29 is 19.0 Å². The lowest BCUT2D eigenvalue weighted by atomic mass is 10.0. The van der Waals surface area contributed by atoms with Crippen LogP contribution in [0.25, 0.3) is 11.0 Å². The van der Waals surface area contributed by atoms with Crippen LogP contribution in [0, 0.1) is 5.82 Å². The lowest BCUT2D eigenvalue weighted by molar-refractivity contribution is -0.114. The molecule has 0 radical (unpaired) electrons. The van der Waals surface area contributed by atoms with Crippen LogP contribution in [0.15, 0.2) is 47.3 Å². The Kier molecular flexibility index (Phi) is 6.57. The number of carbonyl (C=O) groups is 1. The molecule has 0 unspecified atom stereocenters. The molecule has 1 aliphatic rings. The lowest BCUT2D eigenvalue weighted by Crippen LogP contribution is -2.42. The van der Waals surface area contributed by atoms with Gasteiger partial charge in [-0.05, 0) is 43.2 Å². The van der Waals surface area contributed by atoms with Gasteiger partial charge >= 0.3 is 5.69 Å². The molecular weight excluding hydrogens is 415 g/mol. The third-order valence-corrected chi connectivity index (χ3v) is 5.70. The number of β-amino-alcohol motifs (C(OH)–C–C–N with tert-alkyl or cyclic N) is 1. The van der Waals surface area contributed by atoms with Crippen molar-refractivity contribution in [2.75, 3.05) is 31.6 Å². The zero-order chi connectivity index (χ0) is 22.7. The number of ether oxygens (including phenoxy) is 1. The molecule has 2 heterocycles. The maximum atomic E-state index is 13.5. The third-order valence-electron chi connectivity index (χ3n) is 5.70. The van der Waals surface area contributed by atoms with E-state index in [2.05, 4.69) is 15.2 Å². The average Bonchev–Trinajstić information content (AvgIpc) is 3.08. The van der Waals surface area contributed by atoms with Crippen LogP contribution in [0.2, 0.25) is 0 Å². The number of nitrogens with one attached hydrogen (secondary N) is 2. The van der Waals surface area contributed by atoms with Gasteiger partial charge in [0.1, 0.15) is 24.3 Å². The Morgan fingerprint density at radius 3 is 2.78 bits per heavy atom. The molecule has 2 aromatic carbocycles. The van der Waals surface area contributed by atoms with Crippen molar-refractivity contribution in [2.45, 2.75) is 31.9 Å². The van der Waals surface area contributed by atoms with Gasteiger partial charge in [0, 0.05) is 32.6 Å². The summed E-state index contributed by atoms with van der Waals surface area (Å²) in [6, 6.07) is 11.5. The molecular formula is C23H27FN4O4. The highest BCUT2D eigenvalue weighted by atomic mass is 19.1. The first-order valence-electron chi connectivity index (χ1n) is 10.7. The Morgan fingerprint density at radius 1 is 1.28 bits per heavy atom. The summed E-state index contributed by atoms with van der Waals surface area (Å²) in [5.41, 5.74) is 1.55. The van der Waals surface area contributed by atoms with Gasteiger partial charge in [-0.2, -0.15) is 0 Å². The first-order valence-corrected chi connectivity index (χ1v) is 10.7. The Bertz CT molecular complexity index is 1150. The number of amides is 1. The number of nitrogens with zero attached hydrogens (tertiary/aromatic N) is 2. The summed E-state index contributed by atoms with van der Waals surface area (Å²) >= 11 is 0. The number of carbonyl (C=O) groups excluding carboxylic acids is 1. The number of likely N-dealkylation sites (tertiary alicyclic amines) is 1. The van der Waals surface area contributed by atoms with Crippen LogP contribution in [0.1, 0.15) is 25.8 Å². The first-order chi connectivity index (χ1) is 15.4. The van der Waals surface area contributed by atoms with Gasteiger partial charge in [-0.3, -0.25) is 9.36 Å². The smallest absolute Gasteiger partial charge is 0.326 e. The number of anilines is 1. The zero-order valence-corrected chi connectivity index (χ0v) is 17.9. The molecule has 1 amide bonds. The predicted molar refractivity (Wildman–Crippen MR) is 119 cm³/mol. The SMILES string of the molecule is CC(=O)Nc1ccccc1OC[C@@H](O)CN1CCC(n2c(=O)[nH]c3cc(F)ccc32)CC1. The molecule has 3 aromatic rings. The number of rotatable bonds is 7. The number of hydrogen-bond acceptors (Lipinski definition) is 5. The third kappa shape index (κ3) is 5.00. The van der Waals surface area contributed by atoms with Crippen LogP contribution in [0.3, 0.4) is 0 Å². The number of benzene rings is 2. The van der Waals surface area contributed by atoms with Crippen LogP contribution >= 0.6 is 0 Å². The van der Waals surface area contributed by atoms with Crippen LogP contribution < -0.4 is 15.7 Å². The highest BCUT2D eigenvalue weighted by Crippen LogP contribution is 2.26. The molecule has 8 nitrogen and oxygen atoms in total. The van der Waals surface area contributed by atoms with Crippen molar-refractivity contribution in [3.8, 4) is 5.75 Å². The molecule has 170 valence electrons. The number of imidazole rings is 1. The second kappa shape index (κ2) is 9.54. The fourth-order valence-corrected chi connectivity index (χ4v) is 4.25. The summed E-state index contributed by atoms with van der Waals surface area (Å²) in [4.78, 5) is 28.6. The summed E-state index contributed by atoms with van der Waals surface area (Å²) < 4.78 is 20.9. The molecule has 1 aromatic heterocycles. The monoisotopic (exact) mass is 442 g/mol. The number of halogens is 1. The van der Waals surface area contributed by atoms with Crippen molar-refractivity contribution >= 4 is 22.6 Å². The van der Waals surface area contributed by atoms with Crippen molar-refractivity contribution in [2.24, 2.45) is 0 Å². The van der Waals surface area contributed by atoms with E-state index in [4.69, 9.17) is 4.74 Å². The Hall–Kier alpha value is -3.17. The predicted octanol–water partition coefficient (Wildman–Crippen LogP) is 2.50. The molecule has 0 saturated carbocycles. The summed E-state index contributed by atoms with van der Waals surface area (Å²) in [6.07, 6.45) is 0.808. The average molecular weight is 442 g/mol. The van der Waals surface area contributed by atoms with Crippen LogP contribution in [0.5, 0.6) is 5.75 Å². The number of H-pyrrole nitrogens is 1. The summed E-state index contributed by atoms with van der Waals surface area (Å²) in [5, 5.41) is 13.2. The molecule has 4 rings (SSSR count). The molecule has 3 N–H and O–H groups in total. The number of hydrogen-bond donors (Lipinski definition) is 3. The first kappa shape index (κ1) is 22.0. The van der Waals surface area contributed by atoms with Gasteiger partial charge in [-0.1, -0.05) is 12.1 Å². The lowest BCUT2D eigenvalue weighted by Gasteiger charge is -2.33. The van der Waals surface area contributed by atoms with Crippen LogP contribution in [-0.2, 0) is 4.79 Å². The minimum atomic E-state index is -0.698. The van der Waals surface area contributed by atoms with E-state index in [1.807, 2.05) is 0 Å². The molecule has 9 heteroatoms. The van der Waals surface area contributed by atoms with E-state index in [1.165, 1.54) is 19.1 Å². The summed E-state index contributed by atoms with van der Waals surface area (Å²) in [5.74, 6) is -0.0591. The van der Waals surface area contributed by atoms with Gasteiger partial charge in [0.2, 0.25) is 5.91 Å². The molecule has 1 saturated heterocycles. The number of fused-ring (bicyclic) bond motifs is 1. The number of aromatic amines is 1. The van der Waals surface area contributed by atoms with Gasteiger partial charge in [0.15, 0.2) is 0 Å². The van der Waals surface area contributed by atoms with E-state index >= 15 is 0 Å². The highest BCUT2D eigenvalue weighted by Gasteiger charge is 2.25. The van der Waals surface area contributed by atoms with Crippen molar-refractivity contribution in [1.82, 2.24) is 14.5 Å². The second-order valence-electron chi connectivity index (χ2n) is 8.14. The Balaban J connectivity index is 1.31. The van der Waals surface area contributed by atoms with Gasteiger partial charge in [0.05, 0.1) is 16.7 Å². The number of piperidine rings is 1. The van der Waals surface area contributed by atoms with Crippen molar-refractivity contribution in [3.05, 3.63) is 58.8 Å². The summed E-state index contributed by atoms with van der Waals surface area (Å²) in [6.45, 7) is 3.43. The minimum Gasteiger partial charge on any atom is -0.489 e. The number of aromatic nitrogens is 2. The number of para-hydroxylation sites is 2. The molecule has 32 heavy (non-hydrogen) atoms. The molecule has 1 aliphatic heterocycles. The van der Waals surface area contributed by atoms with Gasteiger partial charge in [-0.25, -0.2) is 9.18 Å². The molecule has 1 atom stereocenters. The fourth-order valence-electron chi connectivity index (χ4n) is 4.25. The zero-order valence-electron chi connectivity index (χ0n) is 17.9. The number of aliphatic hydroxyl groups is 1. The van der Waals surface area contributed by atoms with Gasteiger partial charge < -0.3 is 25.0 Å². The van der Waals surface area contributed by atoms with Crippen LogP contribution in [-0.4, -0.2) is 57.8 Å². The van der Waals surface area contributed by atoms with E-state index in [1.54, 1.807) is 34.9 Å². The minimum absolute atomic E-state index is 0.0240. The fraction of sp³-hybridized carbons (Fsp3) is 0.391. The van der Waals surface area contributed by atoms with Crippen molar-refractivity contribution in [3.63, 3.8) is 0 Å². The van der Waals surface area contributed by atoms with Gasteiger partial charge in [0.25, 0.3) is 0 Å². The molecule has 0 bridgehead atoms. The van der Waals surface area contributed by atoms with Crippen LogP contribution in [0.4, 0.5) is 10.1 Å². The molecule has 0 aliphatic carbocycles.